The molecule has 2 fully saturated rings. The third-order valence-corrected chi connectivity index (χ3v) is 5.42. The lowest BCUT2D eigenvalue weighted by Crippen LogP contribution is -2.53. The predicted octanol–water partition coefficient (Wildman–Crippen LogP) is 2.88. The van der Waals surface area contributed by atoms with Crippen molar-refractivity contribution in [2.24, 2.45) is 5.41 Å². The molecule has 2 rings (SSSR count). The largest absolute Gasteiger partial charge is 0.391 e. The van der Waals surface area contributed by atoms with Crippen molar-refractivity contribution in [2.45, 2.75) is 90.3 Å². The van der Waals surface area contributed by atoms with E-state index < -0.39 is 0 Å². The lowest BCUT2D eigenvalue weighted by Gasteiger charge is -2.41. The van der Waals surface area contributed by atoms with Crippen LogP contribution in [0, 0.1) is 5.41 Å². The predicted molar refractivity (Wildman–Crippen MR) is 98.1 cm³/mol. The minimum Gasteiger partial charge on any atom is -0.391 e. The number of urea groups is 1. The van der Waals surface area contributed by atoms with E-state index in [2.05, 4.69) is 36.3 Å². The van der Waals surface area contributed by atoms with E-state index in [9.17, 15) is 9.90 Å². The molecular weight excluding hydrogens is 302 g/mol. The van der Waals surface area contributed by atoms with E-state index in [4.69, 9.17) is 0 Å². The summed E-state index contributed by atoms with van der Waals surface area (Å²) in [4.78, 5) is 14.4. The molecule has 0 aromatic heterocycles. The second kappa shape index (κ2) is 9.04. The Morgan fingerprint density at radius 1 is 1.12 bits per heavy atom. The van der Waals surface area contributed by atoms with E-state index in [0.29, 0.717) is 11.5 Å². The second-order valence-corrected chi connectivity index (χ2v) is 8.79. The highest BCUT2D eigenvalue weighted by Gasteiger charge is 2.31. The molecular formula is C19H37N3O2. The number of nitrogens with zero attached hydrogens (tertiary/aromatic N) is 1. The molecule has 1 saturated heterocycles. The van der Waals surface area contributed by atoms with E-state index in [0.717, 1.165) is 64.6 Å². The maximum Gasteiger partial charge on any atom is 0.315 e. The molecule has 0 aromatic rings. The highest BCUT2D eigenvalue weighted by molar-refractivity contribution is 5.74. The van der Waals surface area contributed by atoms with Crippen LogP contribution in [0.15, 0.2) is 0 Å². The first-order chi connectivity index (χ1) is 11.3. The molecule has 1 heterocycles. The minimum atomic E-state index is -0.158. The van der Waals surface area contributed by atoms with Crippen LogP contribution < -0.4 is 10.6 Å². The fraction of sp³-hybridized carbons (Fsp3) is 0.947. The average molecular weight is 340 g/mol. The molecule has 1 aliphatic heterocycles. The summed E-state index contributed by atoms with van der Waals surface area (Å²) < 4.78 is 0. The summed E-state index contributed by atoms with van der Waals surface area (Å²) in [6, 6.07) is 0.579. The topological polar surface area (TPSA) is 64.6 Å². The monoisotopic (exact) mass is 339 g/mol. The Balaban J connectivity index is 1.61. The standard InChI is InChI=1S/C19H37N3O2/c1-19(2,3)11-6-12-20-18(24)21-15-9-13-22(14-10-15)16-7-4-5-8-17(16)23/h15-17,23H,4-14H2,1-3H3,(H2,20,21,24). The normalized spacial score (nSPS) is 27.0. The number of likely N-dealkylation sites (tertiary alicyclic amines) is 1. The molecule has 2 aliphatic rings. The average Bonchev–Trinajstić information content (AvgIpc) is 2.52. The van der Waals surface area contributed by atoms with Crippen LogP contribution in [0.25, 0.3) is 0 Å². The van der Waals surface area contributed by atoms with Crippen LogP contribution in [0.2, 0.25) is 0 Å². The smallest absolute Gasteiger partial charge is 0.315 e. The number of rotatable bonds is 5. The Hall–Kier alpha value is -0.810. The molecule has 2 unspecified atom stereocenters. The van der Waals surface area contributed by atoms with Crippen LogP contribution in [-0.2, 0) is 0 Å². The number of piperidine rings is 1. The maximum absolute atomic E-state index is 12.0. The Labute approximate surface area is 147 Å². The molecule has 24 heavy (non-hydrogen) atoms. The summed E-state index contributed by atoms with van der Waals surface area (Å²) >= 11 is 0. The number of carbonyl (C=O) groups excluding carboxylic acids is 1. The van der Waals surface area contributed by atoms with Crippen molar-refractivity contribution in [1.29, 1.82) is 0 Å². The van der Waals surface area contributed by atoms with E-state index in [1.807, 2.05) is 0 Å². The molecule has 140 valence electrons. The van der Waals surface area contributed by atoms with Gasteiger partial charge in [0.25, 0.3) is 0 Å². The third-order valence-electron chi connectivity index (χ3n) is 5.42. The minimum absolute atomic E-state index is 0.0277. The number of aliphatic hydroxyl groups excluding tert-OH is 1. The summed E-state index contributed by atoms with van der Waals surface area (Å²) in [5.74, 6) is 0. The van der Waals surface area contributed by atoms with Crippen LogP contribution in [0.1, 0.15) is 72.1 Å². The molecule has 0 aromatic carbocycles. The number of hydrogen-bond acceptors (Lipinski definition) is 3. The molecule has 1 saturated carbocycles. The highest BCUT2D eigenvalue weighted by Crippen LogP contribution is 2.25. The first-order valence-corrected chi connectivity index (χ1v) is 9.82. The molecule has 0 spiro atoms. The summed E-state index contributed by atoms with van der Waals surface area (Å²) in [6.07, 6.45) is 8.41. The summed E-state index contributed by atoms with van der Waals surface area (Å²) in [5.41, 5.74) is 0.328. The number of nitrogens with one attached hydrogen (secondary N) is 2. The van der Waals surface area contributed by atoms with Crippen molar-refractivity contribution in [3.63, 3.8) is 0 Å². The van der Waals surface area contributed by atoms with Crippen LogP contribution in [0.5, 0.6) is 0 Å². The van der Waals surface area contributed by atoms with E-state index in [1.54, 1.807) is 0 Å². The van der Waals surface area contributed by atoms with Crippen LogP contribution in [0.3, 0.4) is 0 Å². The van der Waals surface area contributed by atoms with Crippen molar-refractivity contribution in [3.8, 4) is 0 Å². The summed E-state index contributed by atoms with van der Waals surface area (Å²) in [5, 5.41) is 16.3. The van der Waals surface area contributed by atoms with Gasteiger partial charge < -0.3 is 15.7 Å². The maximum atomic E-state index is 12.0. The zero-order chi connectivity index (χ0) is 17.6. The van der Waals surface area contributed by atoms with Gasteiger partial charge in [-0.25, -0.2) is 4.79 Å². The van der Waals surface area contributed by atoms with Gasteiger partial charge in [0, 0.05) is 31.7 Å². The van der Waals surface area contributed by atoms with Gasteiger partial charge in [-0.05, 0) is 43.9 Å². The third kappa shape index (κ3) is 6.60. The SMILES string of the molecule is CC(C)(C)CCCNC(=O)NC1CCN(C2CCCCC2O)CC1. The molecule has 0 radical (unpaired) electrons. The lowest BCUT2D eigenvalue weighted by molar-refractivity contribution is 0.00777. The number of amides is 2. The van der Waals surface area contributed by atoms with Crippen LogP contribution in [-0.4, -0.2) is 53.9 Å². The molecule has 5 heteroatoms. The van der Waals surface area contributed by atoms with Gasteiger partial charge in [0.2, 0.25) is 0 Å². The molecule has 1 aliphatic carbocycles. The van der Waals surface area contributed by atoms with Crippen molar-refractivity contribution in [3.05, 3.63) is 0 Å². The first-order valence-electron chi connectivity index (χ1n) is 9.82. The lowest BCUT2D eigenvalue weighted by atomic mass is 9.89. The van der Waals surface area contributed by atoms with Gasteiger partial charge in [0.15, 0.2) is 0 Å². The van der Waals surface area contributed by atoms with Crippen molar-refractivity contribution < 1.29 is 9.90 Å². The zero-order valence-corrected chi connectivity index (χ0v) is 15.8. The molecule has 0 bridgehead atoms. The Kier molecular flexibility index (Phi) is 7.35. The first kappa shape index (κ1) is 19.5. The van der Waals surface area contributed by atoms with Gasteiger partial charge in [-0.1, -0.05) is 33.6 Å². The van der Waals surface area contributed by atoms with Crippen LogP contribution >= 0.6 is 0 Å². The molecule has 5 nitrogen and oxygen atoms in total. The van der Waals surface area contributed by atoms with Gasteiger partial charge >= 0.3 is 6.03 Å². The van der Waals surface area contributed by atoms with Crippen molar-refractivity contribution in [2.75, 3.05) is 19.6 Å². The highest BCUT2D eigenvalue weighted by atomic mass is 16.3. The van der Waals surface area contributed by atoms with E-state index in [-0.39, 0.29) is 18.2 Å². The molecule has 2 amide bonds. The fourth-order valence-electron chi connectivity index (χ4n) is 3.95. The van der Waals surface area contributed by atoms with Crippen molar-refractivity contribution in [1.82, 2.24) is 15.5 Å². The Morgan fingerprint density at radius 2 is 1.79 bits per heavy atom. The Bertz CT molecular complexity index is 387. The molecule has 3 N–H and O–H groups in total. The second-order valence-electron chi connectivity index (χ2n) is 8.79. The van der Waals surface area contributed by atoms with Crippen molar-refractivity contribution >= 4 is 6.03 Å². The van der Waals surface area contributed by atoms with Gasteiger partial charge in [0.1, 0.15) is 0 Å². The number of carbonyl (C=O) groups is 1. The van der Waals surface area contributed by atoms with Gasteiger partial charge in [-0.2, -0.15) is 0 Å². The fourth-order valence-corrected chi connectivity index (χ4v) is 3.95. The van der Waals surface area contributed by atoms with E-state index >= 15 is 0 Å². The molecule has 2 atom stereocenters. The van der Waals surface area contributed by atoms with Crippen LogP contribution in [0.4, 0.5) is 4.79 Å². The zero-order valence-electron chi connectivity index (χ0n) is 15.8. The van der Waals surface area contributed by atoms with Gasteiger partial charge in [-0.3, -0.25) is 4.90 Å². The van der Waals surface area contributed by atoms with E-state index in [1.165, 1.54) is 6.42 Å². The number of aliphatic hydroxyl groups is 1. The summed E-state index contributed by atoms with van der Waals surface area (Å²) in [6.45, 7) is 9.39. The number of hydrogen-bond donors (Lipinski definition) is 3. The summed E-state index contributed by atoms with van der Waals surface area (Å²) in [7, 11) is 0. The Morgan fingerprint density at radius 3 is 2.42 bits per heavy atom. The quantitative estimate of drug-likeness (QED) is 0.675. The van der Waals surface area contributed by atoms with Gasteiger partial charge in [-0.15, -0.1) is 0 Å². The van der Waals surface area contributed by atoms with Gasteiger partial charge in [0.05, 0.1) is 6.10 Å².